The first kappa shape index (κ1) is 32.2. The lowest BCUT2D eigenvalue weighted by molar-refractivity contribution is -0.277. The summed E-state index contributed by atoms with van der Waals surface area (Å²) in [7, 11) is 0. The van der Waals surface area contributed by atoms with Crippen LogP contribution in [0.5, 0.6) is 28.7 Å². The lowest BCUT2D eigenvalue weighted by Crippen LogP contribution is -2.60. The lowest BCUT2D eigenvalue weighted by Gasteiger charge is -2.39. The standard InChI is InChI=1S/C28H30O17/c1-9(30)41-20-8-40-27(25(38)23(20)36)44-17-5-13(32)12(31)4-11(17)16-6-15(34)21-14(33)2-10(3-18(21)43-16)42-28-26(39)24(37)22(35)19(7-29)45-28/h2-6,19-20,22-29,31-33,35-39H,7-8H2,1H3. The van der Waals surface area contributed by atoms with Crippen molar-refractivity contribution >= 4 is 16.9 Å². The van der Waals surface area contributed by atoms with Gasteiger partial charge in [-0.2, -0.15) is 0 Å². The zero-order valence-corrected chi connectivity index (χ0v) is 23.3. The minimum absolute atomic E-state index is 0.156. The smallest absolute Gasteiger partial charge is 0.303 e. The van der Waals surface area contributed by atoms with E-state index in [1.807, 2.05) is 0 Å². The molecule has 244 valence electrons. The van der Waals surface area contributed by atoms with Crippen LogP contribution in [-0.4, -0.2) is 120 Å². The highest BCUT2D eigenvalue weighted by molar-refractivity contribution is 5.86. The molecule has 1 aromatic heterocycles. The molecule has 5 rings (SSSR count). The summed E-state index contributed by atoms with van der Waals surface area (Å²) in [6, 6.07) is 4.95. The molecule has 0 radical (unpaired) electrons. The third kappa shape index (κ3) is 6.33. The topological polar surface area (TPSA) is 275 Å². The maximum absolute atomic E-state index is 13.1. The van der Waals surface area contributed by atoms with E-state index in [9.17, 15) is 55.5 Å². The summed E-state index contributed by atoms with van der Waals surface area (Å²) in [5, 5.41) is 91.3. The molecule has 2 aliphatic rings. The molecule has 0 saturated carbocycles. The first-order valence-electron chi connectivity index (χ1n) is 13.4. The highest BCUT2D eigenvalue weighted by Crippen LogP contribution is 2.41. The number of aliphatic hydroxyl groups is 6. The van der Waals surface area contributed by atoms with Crippen molar-refractivity contribution < 1.29 is 78.9 Å². The molecule has 0 bridgehead atoms. The quantitative estimate of drug-likeness (QED) is 0.101. The molecule has 0 amide bonds. The molecule has 0 spiro atoms. The summed E-state index contributed by atoms with van der Waals surface area (Å²) in [6.07, 6.45) is -14.2. The Hall–Kier alpha value is -4.20. The van der Waals surface area contributed by atoms with Crippen molar-refractivity contribution in [2.75, 3.05) is 13.2 Å². The van der Waals surface area contributed by atoms with Crippen LogP contribution in [0.3, 0.4) is 0 Å². The number of rotatable bonds is 7. The summed E-state index contributed by atoms with van der Waals surface area (Å²) in [6.45, 7) is 0.0166. The number of ether oxygens (including phenoxy) is 5. The number of hydrogen-bond donors (Lipinski definition) is 9. The molecule has 2 aromatic carbocycles. The first-order chi connectivity index (χ1) is 21.3. The number of hydrogen-bond acceptors (Lipinski definition) is 17. The number of benzene rings is 2. The Bertz CT molecular complexity index is 1620. The monoisotopic (exact) mass is 638 g/mol. The molecule has 9 atom stereocenters. The van der Waals surface area contributed by atoms with E-state index in [4.69, 9.17) is 28.1 Å². The van der Waals surface area contributed by atoms with Crippen molar-refractivity contribution in [3.8, 4) is 40.1 Å². The summed E-state index contributed by atoms with van der Waals surface area (Å²) < 4.78 is 32.6. The van der Waals surface area contributed by atoms with Crippen molar-refractivity contribution in [3.63, 3.8) is 0 Å². The zero-order valence-electron chi connectivity index (χ0n) is 23.3. The van der Waals surface area contributed by atoms with Crippen LogP contribution in [0.15, 0.2) is 39.5 Å². The molecular weight excluding hydrogens is 608 g/mol. The Morgan fingerprint density at radius 1 is 0.844 bits per heavy atom. The second-order valence-corrected chi connectivity index (χ2v) is 10.4. The first-order valence-corrected chi connectivity index (χ1v) is 13.4. The Balaban J connectivity index is 1.49. The molecular formula is C28H30O17. The molecule has 45 heavy (non-hydrogen) atoms. The second-order valence-electron chi connectivity index (χ2n) is 10.4. The van der Waals surface area contributed by atoms with Crippen LogP contribution >= 0.6 is 0 Å². The van der Waals surface area contributed by atoms with Crippen LogP contribution in [0, 0.1) is 0 Å². The number of carbonyl (C=O) groups excluding carboxylic acids is 1. The summed E-state index contributed by atoms with van der Waals surface area (Å²) in [5.74, 6) is -3.49. The van der Waals surface area contributed by atoms with Gasteiger partial charge in [0, 0.05) is 31.2 Å². The zero-order chi connectivity index (χ0) is 32.7. The van der Waals surface area contributed by atoms with Gasteiger partial charge in [-0.25, -0.2) is 0 Å². The molecule has 3 heterocycles. The fourth-order valence-electron chi connectivity index (χ4n) is 4.90. The normalized spacial score (nSPS) is 30.2. The van der Waals surface area contributed by atoms with E-state index >= 15 is 0 Å². The van der Waals surface area contributed by atoms with Gasteiger partial charge in [0.15, 0.2) is 23.0 Å². The molecule has 3 aromatic rings. The van der Waals surface area contributed by atoms with Gasteiger partial charge < -0.3 is 74.1 Å². The minimum atomic E-state index is -1.78. The highest BCUT2D eigenvalue weighted by Gasteiger charge is 2.45. The Labute approximate surface area is 252 Å². The van der Waals surface area contributed by atoms with Crippen LogP contribution in [0.4, 0.5) is 0 Å². The predicted octanol–water partition coefficient (Wildman–Crippen LogP) is -1.86. The largest absolute Gasteiger partial charge is 0.507 e. The SMILES string of the molecule is CC(=O)OC1COC(Oc2cc(O)c(O)cc2-c2cc(=O)c3c(O)cc(OC4OC(CO)C(O)C(O)C4O)cc3o2)C(O)C1O. The van der Waals surface area contributed by atoms with Gasteiger partial charge in [0.05, 0.1) is 18.8 Å². The van der Waals surface area contributed by atoms with Crippen molar-refractivity contribution in [1.82, 2.24) is 0 Å². The van der Waals surface area contributed by atoms with Gasteiger partial charge in [-0.3, -0.25) is 9.59 Å². The molecule has 2 aliphatic heterocycles. The van der Waals surface area contributed by atoms with Crippen molar-refractivity contribution in [2.24, 2.45) is 0 Å². The molecule has 2 fully saturated rings. The van der Waals surface area contributed by atoms with Gasteiger partial charge in [0.25, 0.3) is 0 Å². The average molecular weight is 639 g/mol. The van der Waals surface area contributed by atoms with Crippen LogP contribution in [-0.2, 0) is 19.0 Å². The molecule has 17 nitrogen and oxygen atoms in total. The van der Waals surface area contributed by atoms with Crippen LogP contribution < -0.4 is 14.9 Å². The number of phenolic OH excluding ortho intramolecular Hbond substituents is 3. The molecule has 9 unspecified atom stereocenters. The van der Waals surface area contributed by atoms with Gasteiger partial charge in [0.2, 0.25) is 12.6 Å². The minimum Gasteiger partial charge on any atom is -0.507 e. The number of carbonyl (C=O) groups is 1. The van der Waals surface area contributed by atoms with Gasteiger partial charge >= 0.3 is 5.97 Å². The average Bonchev–Trinajstić information content (AvgIpc) is 2.98. The second kappa shape index (κ2) is 12.7. The van der Waals surface area contributed by atoms with Crippen LogP contribution in [0.2, 0.25) is 0 Å². The number of aliphatic hydroxyl groups excluding tert-OH is 6. The van der Waals surface area contributed by atoms with Crippen LogP contribution in [0.25, 0.3) is 22.3 Å². The van der Waals surface area contributed by atoms with E-state index < -0.39 is 90.6 Å². The van der Waals surface area contributed by atoms with E-state index in [0.29, 0.717) is 0 Å². The fraction of sp³-hybridized carbons (Fsp3) is 0.429. The Morgan fingerprint density at radius 3 is 2.22 bits per heavy atom. The summed E-state index contributed by atoms with van der Waals surface area (Å²) in [4.78, 5) is 24.4. The van der Waals surface area contributed by atoms with E-state index in [0.717, 1.165) is 37.3 Å². The number of aromatic hydroxyl groups is 3. The van der Waals surface area contributed by atoms with Gasteiger partial charge in [-0.05, 0) is 6.07 Å². The van der Waals surface area contributed by atoms with E-state index in [-0.39, 0.29) is 40.4 Å². The number of fused-ring (bicyclic) bond motifs is 1. The molecule has 0 aliphatic carbocycles. The summed E-state index contributed by atoms with van der Waals surface area (Å²) in [5.41, 5.74) is -1.23. The molecule has 17 heteroatoms. The fourth-order valence-corrected chi connectivity index (χ4v) is 4.90. The van der Waals surface area contributed by atoms with Crippen molar-refractivity contribution in [2.45, 2.75) is 62.2 Å². The predicted molar refractivity (Wildman–Crippen MR) is 145 cm³/mol. The van der Waals surface area contributed by atoms with Gasteiger partial charge in [-0.15, -0.1) is 0 Å². The van der Waals surface area contributed by atoms with Crippen LogP contribution in [0.1, 0.15) is 6.92 Å². The Morgan fingerprint density at radius 2 is 1.53 bits per heavy atom. The van der Waals surface area contributed by atoms with Gasteiger partial charge in [-0.1, -0.05) is 0 Å². The maximum atomic E-state index is 13.1. The third-order valence-corrected chi connectivity index (χ3v) is 7.22. The van der Waals surface area contributed by atoms with E-state index in [2.05, 4.69) is 0 Å². The maximum Gasteiger partial charge on any atom is 0.303 e. The summed E-state index contributed by atoms with van der Waals surface area (Å²) >= 11 is 0. The molecule has 2 saturated heterocycles. The van der Waals surface area contributed by atoms with E-state index in [1.54, 1.807) is 0 Å². The van der Waals surface area contributed by atoms with Gasteiger partial charge in [0.1, 0.15) is 70.6 Å². The van der Waals surface area contributed by atoms with Crippen molar-refractivity contribution in [3.05, 3.63) is 40.6 Å². The highest BCUT2D eigenvalue weighted by atomic mass is 16.7. The molecule has 9 N–H and O–H groups in total. The number of esters is 1. The van der Waals surface area contributed by atoms with E-state index in [1.165, 1.54) is 0 Å². The lowest BCUT2D eigenvalue weighted by atomic mass is 9.99. The third-order valence-electron chi connectivity index (χ3n) is 7.22. The Kier molecular flexibility index (Phi) is 9.06. The van der Waals surface area contributed by atoms with Crippen molar-refractivity contribution in [1.29, 1.82) is 0 Å². The number of phenols is 3.